The van der Waals surface area contributed by atoms with E-state index < -0.39 is 11.8 Å². The Morgan fingerprint density at radius 1 is 0.938 bits per heavy atom. The van der Waals surface area contributed by atoms with E-state index in [1.165, 1.54) is 4.90 Å². The number of benzene rings is 2. The van der Waals surface area contributed by atoms with Crippen molar-refractivity contribution in [3.8, 4) is 11.5 Å². The SMILES string of the molecule is O=C1C(Nc2ccc3c(c2)OCCO3)=C(c2ccc(Cl)cc2)C(=O)N1Cc1ccccn1. The summed E-state index contributed by atoms with van der Waals surface area (Å²) in [4.78, 5) is 32.1. The first kappa shape index (κ1) is 20.1. The lowest BCUT2D eigenvalue weighted by molar-refractivity contribution is -0.137. The molecule has 0 fully saturated rings. The number of nitrogens with zero attached hydrogens (tertiary/aromatic N) is 2. The van der Waals surface area contributed by atoms with Gasteiger partial charge >= 0.3 is 0 Å². The van der Waals surface area contributed by atoms with Gasteiger partial charge < -0.3 is 14.8 Å². The minimum Gasteiger partial charge on any atom is -0.486 e. The van der Waals surface area contributed by atoms with Crippen LogP contribution in [0.15, 0.2) is 72.6 Å². The Morgan fingerprint density at radius 2 is 1.72 bits per heavy atom. The molecule has 0 saturated heterocycles. The van der Waals surface area contributed by atoms with Gasteiger partial charge in [-0.15, -0.1) is 0 Å². The van der Waals surface area contributed by atoms with E-state index in [1.807, 2.05) is 6.07 Å². The average Bonchev–Trinajstić information content (AvgIpc) is 3.04. The fraction of sp³-hybridized carbons (Fsp3) is 0.125. The molecule has 2 aliphatic rings. The van der Waals surface area contributed by atoms with Gasteiger partial charge in [-0.25, -0.2) is 0 Å². The molecule has 32 heavy (non-hydrogen) atoms. The van der Waals surface area contributed by atoms with Gasteiger partial charge in [-0.3, -0.25) is 19.5 Å². The summed E-state index contributed by atoms with van der Waals surface area (Å²) in [6, 6.07) is 17.5. The molecule has 0 radical (unpaired) electrons. The quantitative estimate of drug-likeness (QED) is 0.597. The largest absolute Gasteiger partial charge is 0.486 e. The number of fused-ring (bicyclic) bond motifs is 1. The molecule has 0 aliphatic carbocycles. The van der Waals surface area contributed by atoms with Crippen LogP contribution in [0.1, 0.15) is 11.3 Å². The zero-order valence-corrected chi connectivity index (χ0v) is 17.6. The van der Waals surface area contributed by atoms with Crippen LogP contribution in [0, 0.1) is 0 Å². The molecule has 1 aromatic heterocycles. The van der Waals surface area contributed by atoms with Crippen molar-refractivity contribution in [2.45, 2.75) is 6.54 Å². The van der Waals surface area contributed by atoms with E-state index in [4.69, 9.17) is 21.1 Å². The molecule has 8 heteroatoms. The predicted octanol–water partition coefficient (Wildman–Crippen LogP) is 3.90. The van der Waals surface area contributed by atoms with Crippen molar-refractivity contribution < 1.29 is 19.1 Å². The number of rotatable bonds is 5. The van der Waals surface area contributed by atoms with Crippen LogP contribution in [0.5, 0.6) is 11.5 Å². The van der Waals surface area contributed by atoms with E-state index >= 15 is 0 Å². The second kappa shape index (κ2) is 8.36. The van der Waals surface area contributed by atoms with Crippen LogP contribution in [0.2, 0.25) is 5.02 Å². The summed E-state index contributed by atoms with van der Waals surface area (Å²) in [5.74, 6) is 0.389. The van der Waals surface area contributed by atoms with E-state index in [1.54, 1.807) is 60.8 Å². The maximum atomic E-state index is 13.3. The number of halogens is 1. The van der Waals surface area contributed by atoms with Crippen molar-refractivity contribution in [2.24, 2.45) is 0 Å². The third kappa shape index (κ3) is 3.78. The molecule has 0 atom stereocenters. The molecule has 0 bridgehead atoms. The van der Waals surface area contributed by atoms with Gasteiger partial charge in [0, 0.05) is 23.0 Å². The summed E-state index contributed by atoms with van der Waals surface area (Å²) in [6.45, 7) is 1.01. The zero-order valence-electron chi connectivity index (χ0n) is 16.9. The van der Waals surface area contributed by atoms with E-state index in [0.29, 0.717) is 46.7 Å². The first-order chi connectivity index (χ1) is 15.6. The molecular weight excluding hydrogens is 430 g/mol. The molecule has 2 aromatic carbocycles. The van der Waals surface area contributed by atoms with Crippen molar-refractivity contribution >= 4 is 34.7 Å². The molecule has 0 spiro atoms. The number of carbonyl (C=O) groups is 2. The minimum absolute atomic E-state index is 0.0713. The number of imide groups is 1. The highest BCUT2D eigenvalue weighted by Gasteiger charge is 2.39. The number of amides is 2. The standard InChI is InChI=1S/C24H18ClN3O4/c25-16-6-4-15(5-7-16)21-22(27-17-8-9-19-20(13-17)32-12-11-31-19)24(30)28(23(21)29)14-18-3-1-2-10-26-18/h1-10,13,27H,11-12,14H2. The number of carbonyl (C=O) groups excluding carboxylic acids is 2. The van der Waals surface area contributed by atoms with Crippen LogP contribution in [0.3, 0.4) is 0 Å². The fourth-order valence-corrected chi connectivity index (χ4v) is 3.77. The van der Waals surface area contributed by atoms with Crippen LogP contribution in [-0.4, -0.2) is 34.9 Å². The van der Waals surface area contributed by atoms with E-state index in [9.17, 15) is 9.59 Å². The summed E-state index contributed by atoms with van der Waals surface area (Å²) in [5.41, 5.74) is 2.28. The van der Waals surface area contributed by atoms with Gasteiger partial charge in [-0.1, -0.05) is 29.8 Å². The van der Waals surface area contributed by atoms with Gasteiger partial charge in [-0.05, 0) is 42.0 Å². The van der Waals surface area contributed by atoms with Crippen LogP contribution in [0.25, 0.3) is 5.57 Å². The first-order valence-corrected chi connectivity index (χ1v) is 10.4. The van der Waals surface area contributed by atoms with Gasteiger partial charge in [-0.2, -0.15) is 0 Å². The Balaban J connectivity index is 1.52. The topological polar surface area (TPSA) is 80.8 Å². The maximum Gasteiger partial charge on any atom is 0.278 e. The molecule has 160 valence electrons. The van der Waals surface area contributed by atoms with Crippen molar-refractivity contribution in [2.75, 3.05) is 18.5 Å². The molecule has 2 amide bonds. The van der Waals surface area contributed by atoms with Crippen LogP contribution < -0.4 is 14.8 Å². The third-order valence-corrected chi connectivity index (χ3v) is 5.41. The minimum atomic E-state index is -0.430. The lowest BCUT2D eigenvalue weighted by Gasteiger charge is -2.19. The molecule has 3 heterocycles. The van der Waals surface area contributed by atoms with Crippen LogP contribution in [0.4, 0.5) is 5.69 Å². The molecule has 7 nitrogen and oxygen atoms in total. The number of hydrogen-bond acceptors (Lipinski definition) is 6. The second-order valence-electron chi connectivity index (χ2n) is 7.26. The summed E-state index contributed by atoms with van der Waals surface area (Å²) in [5, 5.41) is 3.67. The number of pyridine rings is 1. The number of aromatic nitrogens is 1. The van der Waals surface area contributed by atoms with Crippen molar-refractivity contribution in [1.82, 2.24) is 9.88 Å². The average molecular weight is 448 g/mol. The maximum absolute atomic E-state index is 13.3. The second-order valence-corrected chi connectivity index (χ2v) is 7.69. The molecule has 5 rings (SSSR count). The van der Waals surface area contributed by atoms with E-state index in [2.05, 4.69) is 10.3 Å². The molecule has 0 unspecified atom stereocenters. The molecular formula is C24H18ClN3O4. The normalized spacial score (nSPS) is 15.3. The monoisotopic (exact) mass is 447 g/mol. The molecule has 1 N–H and O–H groups in total. The van der Waals surface area contributed by atoms with Gasteiger partial charge in [0.05, 0.1) is 17.8 Å². The highest BCUT2D eigenvalue weighted by molar-refractivity contribution is 6.36. The fourth-order valence-electron chi connectivity index (χ4n) is 3.64. The molecule has 3 aromatic rings. The van der Waals surface area contributed by atoms with Crippen molar-refractivity contribution in [3.63, 3.8) is 0 Å². The summed E-state index contributed by atoms with van der Waals surface area (Å²) in [7, 11) is 0. The van der Waals surface area contributed by atoms with Crippen molar-refractivity contribution in [3.05, 3.63) is 88.8 Å². The lowest BCUT2D eigenvalue weighted by Crippen LogP contribution is -2.32. The van der Waals surface area contributed by atoms with Gasteiger partial charge in [0.2, 0.25) is 0 Å². The number of hydrogen-bond donors (Lipinski definition) is 1. The zero-order chi connectivity index (χ0) is 22.1. The summed E-state index contributed by atoms with van der Waals surface area (Å²) >= 11 is 6.03. The van der Waals surface area contributed by atoms with Gasteiger partial charge in [0.15, 0.2) is 11.5 Å². The predicted molar refractivity (Wildman–Crippen MR) is 119 cm³/mol. The highest BCUT2D eigenvalue weighted by atomic mass is 35.5. The molecule has 2 aliphatic heterocycles. The highest BCUT2D eigenvalue weighted by Crippen LogP contribution is 2.36. The summed E-state index contributed by atoms with van der Waals surface area (Å²) in [6.07, 6.45) is 1.63. The van der Waals surface area contributed by atoms with Gasteiger partial charge in [0.25, 0.3) is 11.8 Å². The van der Waals surface area contributed by atoms with Crippen LogP contribution in [-0.2, 0) is 16.1 Å². The third-order valence-electron chi connectivity index (χ3n) is 5.16. The molecule has 0 saturated carbocycles. The Hall–Kier alpha value is -3.84. The Labute approximate surface area is 189 Å². The lowest BCUT2D eigenvalue weighted by atomic mass is 10.0. The number of ether oxygens (including phenoxy) is 2. The van der Waals surface area contributed by atoms with Crippen LogP contribution >= 0.6 is 11.6 Å². The van der Waals surface area contributed by atoms with Crippen molar-refractivity contribution in [1.29, 1.82) is 0 Å². The van der Waals surface area contributed by atoms with Gasteiger partial charge in [0.1, 0.15) is 18.9 Å². The summed E-state index contributed by atoms with van der Waals surface area (Å²) < 4.78 is 11.2. The van der Waals surface area contributed by atoms with E-state index in [0.717, 1.165) is 0 Å². The van der Waals surface area contributed by atoms with E-state index in [-0.39, 0.29) is 17.8 Å². The Morgan fingerprint density at radius 3 is 2.47 bits per heavy atom. The Kier molecular flexibility index (Phi) is 5.25. The number of anilines is 1. The number of nitrogens with one attached hydrogen (secondary N) is 1. The Bertz CT molecular complexity index is 1230. The first-order valence-electron chi connectivity index (χ1n) is 10.0. The smallest absolute Gasteiger partial charge is 0.278 e.